The summed E-state index contributed by atoms with van der Waals surface area (Å²) in [6, 6.07) is 16.8. The molecule has 1 saturated carbocycles. The molecule has 0 unspecified atom stereocenters. The Labute approximate surface area is 165 Å². The van der Waals surface area contributed by atoms with Crippen molar-refractivity contribution in [3.05, 3.63) is 66.4 Å². The topological polar surface area (TPSA) is 68.2 Å². The van der Waals surface area contributed by atoms with Crippen molar-refractivity contribution in [3.63, 3.8) is 0 Å². The normalized spacial score (nSPS) is 15.1. The quantitative estimate of drug-likeness (QED) is 0.691. The van der Waals surface area contributed by atoms with Gasteiger partial charge in [-0.15, -0.1) is 0 Å². The standard InChI is InChI=1S/C22H24N2O3S/c25-22(23-18-10-4-5-11-18)15-24-14-21(19-12-6-7-13-20(19)24)28(26,27)16-17-8-2-1-3-9-17/h1-3,6-9,12-14,18H,4-5,10-11,15-16H2,(H,23,25). The second kappa shape index (κ2) is 7.80. The average molecular weight is 397 g/mol. The van der Waals surface area contributed by atoms with Crippen LogP contribution in [-0.2, 0) is 26.9 Å². The SMILES string of the molecule is O=C(Cn1cc(S(=O)(=O)Cc2ccccc2)c2ccccc21)NC1CCCC1. The third kappa shape index (κ3) is 3.97. The van der Waals surface area contributed by atoms with Gasteiger partial charge in [0.2, 0.25) is 5.91 Å². The predicted octanol–water partition coefficient (Wildman–Crippen LogP) is 3.67. The van der Waals surface area contributed by atoms with Gasteiger partial charge in [0.1, 0.15) is 6.54 Å². The molecule has 0 bridgehead atoms. The third-order valence-corrected chi connectivity index (χ3v) is 7.03. The minimum Gasteiger partial charge on any atom is -0.352 e. The summed E-state index contributed by atoms with van der Waals surface area (Å²) in [4.78, 5) is 12.8. The first kappa shape index (κ1) is 18.7. The minimum atomic E-state index is -3.53. The molecule has 0 atom stereocenters. The van der Waals surface area contributed by atoms with E-state index in [4.69, 9.17) is 0 Å². The fourth-order valence-corrected chi connectivity index (χ4v) is 5.54. The zero-order valence-electron chi connectivity index (χ0n) is 15.7. The lowest BCUT2D eigenvalue weighted by atomic mass is 10.2. The molecule has 1 aromatic heterocycles. The number of fused-ring (bicyclic) bond motifs is 1. The van der Waals surface area contributed by atoms with Crippen molar-refractivity contribution in [1.82, 2.24) is 9.88 Å². The maximum atomic E-state index is 13.1. The number of nitrogens with zero attached hydrogens (tertiary/aromatic N) is 1. The fourth-order valence-electron chi connectivity index (χ4n) is 3.96. The van der Waals surface area contributed by atoms with Crippen molar-refractivity contribution < 1.29 is 13.2 Å². The Bertz CT molecular complexity index is 1080. The van der Waals surface area contributed by atoms with Crippen molar-refractivity contribution in [1.29, 1.82) is 0 Å². The van der Waals surface area contributed by atoms with Crippen LogP contribution in [0.25, 0.3) is 10.9 Å². The van der Waals surface area contributed by atoms with Crippen LogP contribution in [0.4, 0.5) is 0 Å². The van der Waals surface area contributed by atoms with Crippen LogP contribution >= 0.6 is 0 Å². The number of nitrogens with one attached hydrogen (secondary N) is 1. The number of hydrogen-bond donors (Lipinski definition) is 1. The summed E-state index contributed by atoms with van der Waals surface area (Å²) in [5, 5.41) is 3.73. The molecular formula is C22H24N2O3S. The summed E-state index contributed by atoms with van der Waals surface area (Å²) in [5.41, 5.74) is 1.51. The molecule has 3 aromatic rings. The van der Waals surface area contributed by atoms with Gasteiger partial charge in [-0.1, -0.05) is 61.4 Å². The summed E-state index contributed by atoms with van der Waals surface area (Å²) in [5.74, 6) is -0.129. The molecular weight excluding hydrogens is 372 g/mol. The van der Waals surface area contributed by atoms with Crippen LogP contribution in [0.3, 0.4) is 0 Å². The van der Waals surface area contributed by atoms with Crippen molar-refractivity contribution in [2.45, 2.75) is 48.9 Å². The van der Waals surface area contributed by atoms with Gasteiger partial charge in [-0.2, -0.15) is 0 Å². The molecule has 1 aliphatic carbocycles. The second-order valence-electron chi connectivity index (χ2n) is 7.43. The van der Waals surface area contributed by atoms with E-state index in [0.29, 0.717) is 5.39 Å². The van der Waals surface area contributed by atoms with Gasteiger partial charge in [0.25, 0.3) is 0 Å². The van der Waals surface area contributed by atoms with E-state index in [1.165, 1.54) is 0 Å². The van der Waals surface area contributed by atoms with Crippen molar-refractivity contribution in [2.24, 2.45) is 0 Å². The summed E-state index contributed by atoms with van der Waals surface area (Å²) in [6.45, 7) is 0.123. The van der Waals surface area contributed by atoms with Gasteiger partial charge in [-0.3, -0.25) is 4.79 Å². The highest BCUT2D eigenvalue weighted by atomic mass is 32.2. The van der Waals surface area contributed by atoms with Gasteiger partial charge in [-0.25, -0.2) is 8.42 Å². The van der Waals surface area contributed by atoms with Gasteiger partial charge in [0.15, 0.2) is 9.84 Å². The lowest BCUT2D eigenvalue weighted by molar-refractivity contribution is -0.122. The lowest BCUT2D eigenvalue weighted by Gasteiger charge is -2.12. The van der Waals surface area contributed by atoms with Crippen LogP contribution < -0.4 is 5.32 Å². The molecule has 2 aromatic carbocycles. The molecule has 1 heterocycles. The van der Waals surface area contributed by atoms with Crippen molar-refractivity contribution in [2.75, 3.05) is 0 Å². The van der Waals surface area contributed by atoms with E-state index in [2.05, 4.69) is 5.32 Å². The Morgan fingerprint density at radius 1 is 1.00 bits per heavy atom. The molecule has 28 heavy (non-hydrogen) atoms. The molecule has 1 aliphatic rings. The van der Waals surface area contributed by atoms with Crippen LogP contribution in [-0.4, -0.2) is 24.9 Å². The Hall–Kier alpha value is -2.60. The van der Waals surface area contributed by atoms with Gasteiger partial charge in [0.05, 0.1) is 10.6 Å². The third-order valence-electron chi connectivity index (χ3n) is 5.32. The van der Waals surface area contributed by atoms with Gasteiger partial charge < -0.3 is 9.88 Å². The van der Waals surface area contributed by atoms with E-state index in [9.17, 15) is 13.2 Å². The van der Waals surface area contributed by atoms with Crippen LogP contribution in [0, 0.1) is 0 Å². The number of sulfone groups is 1. The van der Waals surface area contributed by atoms with E-state index in [1.54, 1.807) is 16.8 Å². The number of hydrogen-bond acceptors (Lipinski definition) is 3. The monoisotopic (exact) mass is 396 g/mol. The highest BCUT2D eigenvalue weighted by Gasteiger charge is 2.23. The molecule has 5 nitrogen and oxygen atoms in total. The van der Waals surface area contributed by atoms with E-state index >= 15 is 0 Å². The summed E-state index contributed by atoms with van der Waals surface area (Å²) < 4.78 is 27.9. The molecule has 6 heteroatoms. The molecule has 4 rings (SSSR count). The van der Waals surface area contributed by atoms with Crippen LogP contribution in [0.5, 0.6) is 0 Å². The first-order chi connectivity index (χ1) is 13.5. The van der Waals surface area contributed by atoms with Crippen molar-refractivity contribution >= 4 is 26.6 Å². The summed E-state index contributed by atoms with van der Waals surface area (Å²) in [6.07, 6.45) is 5.96. The summed E-state index contributed by atoms with van der Waals surface area (Å²) >= 11 is 0. The largest absolute Gasteiger partial charge is 0.352 e. The van der Waals surface area contributed by atoms with Crippen LogP contribution in [0.1, 0.15) is 31.2 Å². The molecule has 1 amide bonds. The Balaban J connectivity index is 1.63. The maximum Gasteiger partial charge on any atom is 0.240 e. The number of aromatic nitrogens is 1. The summed E-state index contributed by atoms with van der Waals surface area (Å²) in [7, 11) is -3.53. The number of rotatable bonds is 6. The Morgan fingerprint density at radius 2 is 1.68 bits per heavy atom. The minimum absolute atomic E-state index is 0.0594. The molecule has 146 valence electrons. The highest BCUT2D eigenvalue weighted by Crippen LogP contribution is 2.28. The van der Waals surface area contributed by atoms with E-state index < -0.39 is 9.84 Å². The average Bonchev–Trinajstić information content (AvgIpc) is 3.31. The van der Waals surface area contributed by atoms with Crippen LogP contribution in [0.2, 0.25) is 0 Å². The molecule has 0 radical (unpaired) electrons. The fraction of sp³-hybridized carbons (Fsp3) is 0.318. The first-order valence-electron chi connectivity index (χ1n) is 9.67. The van der Waals surface area contributed by atoms with Crippen LogP contribution in [0.15, 0.2) is 65.7 Å². The molecule has 0 aliphatic heterocycles. The Morgan fingerprint density at radius 3 is 2.43 bits per heavy atom. The molecule has 0 saturated heterocycles. The first-order valence-corrected chi connectivity index (χ1v) is 11.3. The predicted molar refractivity (Wildman–Crippen MR) is 110 cm³/mol. The Kier molecular flexibility index (Phi) is 5.22. The molecule has 1 N–H and O–H groups in total. The number of amides is 1. The van der Waals surface area contributed by atoms with Gasteiger partial charge in [-0.05, 0) is 24.5 Å². The number of benzene rings is 2. The number of carbonyl (C=O) groups excluding carboxylic acids is 1. The maximum absolute atomic E-state index is 13.1. The van der Waals surface area contributed by atoms with E-state index in [-0.39, 0.29) is 29.1 Å². The molecule has 1 fully saturated rings. The smallest absolute Gasteiger partial charge is 0.240 e. The number of para-hydroxylation sites is 1. The van der Waals surface area contributed by atoms with Crippen molar-refractivity contribution in [3.8, 4) is 0 Å². The zero-order valence-corrected chi connectivity index (χ0v) is 16.5. The second-order valence-corrected chi connectivity index (χ2v) is 9.39. The molecule has 0 spiro atoms. The lowest BCUT2D eigenvalue weighted by Crippen LogP contribution is -2.35. The zero-order chi connectivity index (χ0) is 19.6. The number of carbonyl (C=O) groups is 1. The van der Waals surface area contributed by atoms with E-state index in [0.717, 1.165) is 36.8 Å². The highest BCUT2D eigenvalue weighted by molar-refractivity contribution is 7.90. The van der Waals surface area contributed by atoms with Gasteiger partial charge in [0, 0.05) is 23.1 Å². The van der Waals surface area contributed by atoms with E-state index in [1.807, 2.05) is 48.5 Å². The van der Waals surface area contributed by atoms with Gasteiger partial charge >= 0.3 is 0 Å².